The van der Waals surface area contributed by atoms with Gasteiger partial charge in [-0.3, -0.25) is 14.4 Å². The van der Waals surface area contributed by atoms with E-state index in [9.17, 15) is 19.5 Å². The summed E-state index contributed by atoms with van der Waals surface area (Å²) in [6.45, 7) is 4.83. The van der Waals surface area contributed by atoms with Crippen molar-refractivity contribution in [2.24, 2.45) is 0 Å². The lowest BCUT2D eigenvalue weighted by Gasteiger charge is -2.28. The molecule has 2 aromatic carbocycles. The first-order valence-corrected chi connectivity index (χ1v) is 16.2. The second-order valence-electron chi connectivity index (χ2n) is 13.1. The number of aryl methyl sites for hydroxylation is 2. The van der Waals surface area contributed by atoms with Crippen LogP contribution in [0.5, 0.6) is 5.75 Å². The largest absolute Gasteiger partial charge is 0.490 e. The molecule has 0 bridgehead atoms. The lowest BCUT2D eigenvalue weighted by molar-refractivity contribution is -0.143. The van der Waals surface area contributed by atoms with Gasteiger partial charge in [0.05, 0.1) is 18.3 Å². The Hall–Kier alpha value is -4.82. The minimum Gasteiger partial charge on any atom is -0.490 e. The van der Waals surface area contributed by atoms with Crippen LogP contribution in [0.3, 0.4) is 0 Å². The van der Waals surface area contributed by atoms with E-state index in [4.69, 9.17) is 14.9 Å². The first-order valence-electron chi connectivity index (χ1n) is 16.2. The summed E-state index contributed by atoms with van der Waals surface area (Å²) in [5.74, 6) is -0.669. The van der Waals surface area contributed by atoms with Gasteiger partial charge in [-0.15, -0.1) is 10.2 Å². The van der Waals surface area contributed by atoms with Crippen molar-refractivity contribution in [1.82, 2.24) is 30.9 Å². The molecule has 14 heteroatoms. The molecule has 1 aliphatic heterocycles. The number of nitrogens with one attached hydrogen (secondary N) is 4. The third kappa shape index (κ3) is 8.17. The van der Waals surface area contributed by atoms with Gasteiger partial charge in [-0.25, -0.2) is 0 Å². The summed E-state index contributed by atoms with van der Waals surface area (Å²) in [5, 5.41) is 48.6. The van der Waals surface area contributed by atoms with E-state index in [1.54, 1.807) is 0 Å². The first-order chi connectivity index (χ1) is 23.0. The standard InChI is InChI=1S/C30H37N7O3.C4H6O4/c1-29(2,15-20-16-31-27-19(7-5-8-22(20)27)11-12-25-34-36-37-35-25)32-17-21(38)18-40-24-10-6-9-23-26(24)30(28(39)33-23)13-3-4-14-30;5-3(6)1-2-4(7)8/h5-10,16,21,31-32,38H,3-4,11-15,17-18H2,1-2H3,(H,33,39)(H,34,35,36,37);1-2H2,(H,5,6)(H,7,8)/t21-;/m0./s1. The molecule has 48 heavy (non-hydrogen) atoms. The highest BCUT2D eigenvalue weighted by Gasteiger charge is 2.50. The number of carbonyl (C=O) groups is 3. The highest BCUT2D eigenvalue weighted by molar-refractivity contribution is 6.07. The van der Waals surface area contributed by atoms with Crippen molar-refractivity contribution in [3.8, 4) is 5.75 Å². The molecule has 0 radical (unpaired) electrons. The Morgan fingerprint density at radius 1 is 1.04 bits per heavy atom. The zero-order chi connectivity index (χ0) is 34.3. The average molecular weight is 662 g/mol. The molecule has 0 saturated heterocycles. The molecule has 1 atom stereocenters. The lowest BCUT2D eigenvalue weighted by Crippen LogP contribution is -2.46. The molecule has 1 aliphatic carbocycles. The fourth-order valence-electron chi connectivity index (χ4n) is 6.62. The van der Waals surface area contributed by atoms with Gasteiger partial charge in [0.1, 0.15) is 18.5 Å². The zero-order valence-corrected chi connectivity index (χ0v) is 27.2. The summed E-state index contributed by atoms with van der Waals surface area (Å²) in [6, 6.07) is 12.1. The normalized spacial score (nSPS) is 15.5. The second-order valence-corrected chi connectivity index (χ2v) is 13.1. The third-order valence-electron chi connectivity index (χ3n) is 8.97. The Labute approximate surface area is 277 Å². The molecule has 2 aliphatic rings. The number of ether oxygens (including phenoxy) is 1. The number of carboxylic acid groups (broad SMARTS) is 2. The summed E-state index contributed by atoms with van der Waals surface area (Å²) in [7, 11) is 0. The Kier molecular flexibility index (Phi) is 10.7. The predicted octanol–water partition coefficient (Wildman–Crippen LogP) is 3.52. The van der Waals surface area contributed by atoms with Gasteiger partial charge in [0.15, 0.2) is 5.82 Å². The van der Waals surface area contributed by atoms with Gasteiger partial charge in [0, 0.05) is 46.9 Å². The van der Waals surface area contributed by atoms with Crippen molar-refractivity contribution in [3.63, 3.8) is 0 Å². The van der Waals surface area contributed by atoms with E-state index in [1.807, 2.05) is 18.2 Å². The Morgan fingerprint density at radius 3 is 2.46 bits per heavy atom. The number of aliphatic hydroxyl groups excluding tert-OH is 1. The minimum atomic E-state index is -1.08. The molecular formula is C34H43N7O7. The number of hydrogen-bond acceptors (Lipinski definition) is 9. The highest BCUT2D eigenvalue weighted by atomic mass is 16.5. The maximum Gasteiger partial charge on any atom is 0.303 e. The molecular weight excluding hydrogens is 618 g/mol. The number of para-hydroxylation sites is 1. The number of aromatic nitrogens is 5. The van der Waals surface area contributed by atoms with Crippen LogP contribution in [0.2, 0.25) is 0 Å². The van der Waals surface area contributed by atoms with Crippen LogP contribution in [0.15, 0.2) is 42.6 Å². The van der Waals surface area contributed by atoms with Gasteiger partial charge >= 0.3 is 11.9 Å². The lowest BCUT2D eigenvalue weighted by atomic mass is 9.79. The van der Waals surface area contributed by atoms with Gasteiger partial charge in [-0.05, 0) is 62.8 Å². The van der Waals surface area contributed by atoms with Crippen LogP contribution in [0.4, 0.5) is 5.69 Å². The van der Waals surface area contributed by atoms with Crippen LogP contribution >= 0.6 is 0 Å². The number of carbonyl (C=O) groups excluding carboxylic acids is 1. The molecule has 7 N–H and O–H groups in total. The summed E-state index contributed by atoms with van der Waals surface area (Å²) in [5.41, 5.74) is 4.64. The van der Waals surface area contributed by atoms with Crippen molar-refractivity contribution >= 4 is 34.4 Å². The SMILES string of the molecule is CC(C)(Cc1c[nH]c2c(CCc3nn[nH]n3)cccc12)NC[C@H](O)COc1cccc2c1C1(CCCC1)C(=O)N2.O=C(O)CCC(=O)O. The maximum absolute atomic E-state index is 12.8. The molecule has 14 nitrogen and oxygen atoms in total. The monoisotopic (exact) mass is 661 g/mol. The molecule has 1 saturated carbocycles. The predicted molar refractivity (Wildman–Crippen MR) is 177 cm³/mol. The number of aliphatic carboxylic acids is 2. The topological polar surface area (TPSA) is 215 Å². The van der Waals surface area contributed by atoms with E-state index >= 15 is 0 Å². The number of rotatable bonds is 14. The van der Waals surface area contributed by atoms with Gasteiger partial charge in [-0.1, -0.05) is 42.3 Å². The van der Waals surface area contributed by atoms with Crippen molar-refractivity contribution in [2.75, 3.05) is 18.5 Å². The van der Waals surface area contributed by atoms with Crippen LogP contribution in [0, 0.1) is 0 Å². The quantitative estimate of drug-likeness (QED) is 0.104. The molecule has 256 valence electrons. The van der Waals surface area contributed by atoms with Crippen molar-refractivity contribution in [2.45, 2.75) is 88.7 Å². The van der Waals surface area contributed by atoms with Gasteiger partial charge in [0.2, 0.25) is 5.91 Å². The molecule has 4 aromatic rings. The fourth-order valence-corrected chi connectivity index (χ4v) is 6.62. The smallest absolute Gasteiger partial charge is 0.303 e. The fraction of sp³-hybridized carbons (Fsp3) is 0.471. The van der Waals surface area contributed by atoms with E-state index in [1.165, 1.54) is 16.5 Å². The number of fused-ring (bicyclic) bond motifs is 3. The summed E-state index contributed by atoms with van der Waals surface area (Å²) in [6.07, 6.45) is 6.90. The van der Waals surface area contributed by atoms with Gasteiger partial charge in [-0.2, -0.15) is 5.21 Å². The van der Waals surface area contributed by atoms with Crippen molar-refractivity contribution < 1.29 is 34.4 Å². The van der Waals surface area contributed by atoms with Gasteiger partial charge < -0.3 is 35.7 Å². The van der Waals surface area contributed by atoms with Crippen LogP contribution in [-0.2, 0) is 39.1 Å². The summed E-state index contributed by atoms with van der Waals surface area (Å²) in [4.78, 5) is 35.6. The number of anilines is 1. The number of aliphatic hydroxyl groups is 1. The molecule has 1 amide bonds. The molecule has 1 spiro atoms. The third-order valence-corrected chi connectivity index (χ3v) is 8.97. The molecule has 1 fully saturated rings. The number of H-pyrrole nitrogens is 2. The number of amides is 1. The highest BCUT2D eigenvalue weighted by Crippen LogP contribution is 2.52. The van der Waals surface area contributed by atoms with Crippen molar-refractivity contribution in [3.05, 3.63) is 65.1 Å². The summed E-state index contributed by atoms with van der Waals surface area (Å²) < 4.78 is 6.14. The Balaban J connectivity index is 0.000000503. The first kappa shape index (κ1) is 34.5. The zero-order valence-electron chi connectivity index (χ0n) is 27.2. The summed E-state index contributed by atoms with van der Waals surface area (Å²) >= 11 is 0. The van der Waals surface area contributed by atoms with E-state index < -0.39 is 23.5 Å². The van der Waals surface area contributed by atoms with Gasteiger partial charge in [0.25, 0.3) is 0 Å². The minimum absolute atomic E-state index is 0.0800. The number of aromatic amines is 2. The Morgan fingerprint density at radius 2 is 1.77 bits per heavy atom. The molecule has 2 aromatic heterocycles. The number of tetrazole rings is 1. The molecule has 6 rings (SSSR count). The van der Waals surface area contributed by atoms with Crippen LogP contribution in [-0.4, -0.2) is 83.6 Å². The van der Waals surface area contributed by atoms with Crippen LogP contribution in [0.25, 0.3) is 10.9 Å². The van der Waals surface area contributed by atoms with E-state index in [0.29, 0.717) is 18.1 Å². The molecule has 0 unspecified atom stereocenters. The molecule has 3 heterocycles. The van der Waals surface area contributed by atoms with Crippen LogP contribution < -0.4 is 15.4 Å². The number of carboxylic acids is 2. The van der Waals surface area contributed by atoms with Crippen LogP contribution in [0.1, 0.15) is 74.9 Å². The second kappa shape index (κ2) is 14.9. The number of benzene rings is 2. The van der Waals surface area contributed by atoms with Crippen molar-refractivity contribution in [1.29, 1.82) is 0 Å². The number of nitrogens with zero attached hydrogens (tertiary/aromatic N) is 3. The van der Waals surface area contributed by atoms with E-state index in [2.05, 4.69) is 74.5 Å². The number of β-amino-alcohol motifs (C(OH)–C–C–N with tert-alkyl or cyclic N) is 1. The van der Waals surface area contributed by atoms with E-state index in [-0.39, 0.29) is 30.9 Å². The van der Waals surface area contributed by atoms with E-state index in [0.717, 1.165) is 61.7 Å². The average Bonchev–Trinajstić information content (AvgIpc) is 3.87. The Bertz CT molecular complexity index is 1710. The maximum atomic E-state index is 12.8. The number of hydrogen-bond donors (Lipinski definition) is 7.